The van der Waals surface area contributed by atoms with Crippen LogP contribution in [0.5, 0.6) is 0 Å². The van der Waals surface area contributed by atoms with Gasteiger partial charge in [-0.15, -0.1) is 11.3 Å². The lowest BCUT2D eigenvalue weighted by molar-refractivity contribution is 0.0938. The Kier molecular flexibility index (Phi) is 6.30. The van der Waals surface area contributed by atoms with E-state index in [9.17, 15) is 4.79 Å². The van der Waals surface area contributed by atoms with E-state index in [1.165, 1.54) is 29.7 Å². The number of thiophene rings is 1. The van der Waals surface area contributed by atoms with E-state index in [0.717, 1.165) is 42.4 Å². The zero-order chi connectivity index (χ0) is 15.3. The summed E-state index contributed by atoms with van der Waals surface area (Å²) < 4.78 is 0. The van der Waals surface area contributed by atoms with E-state index in [-0.39, 0.29) is 11.3 Å². The molecule has 21 heavy (non-hydrogen) atoms. The maximum atomic E-state index is 12.4. The van der Waals surface area contributed by atoms with Crippen molar-refractivity contribution in [3.8, 4) is 0 Å². The number of amides is 1. The van der Waals surface area contributed by atoms with Gasteiger partial charge in [0.15, 0.2) is 0 Å². The molecule has 0 spiro atoms. The molecule has 1 aliphatic rings. The number of carbonyl (C=O) groups excluding carboxylic acids is 1. The van der Waals surface area contributed by atoms with Gasteiger partial charge in [-0.05, 0) is 55.6 Å². The summed E-state index contributed by atoms with van der Waals surface area (Å²) in [6.45, 7) is 5.19. The summed E-state index contributed by atoms with van der Waals surface area (Å²) >= 11 is 5.18. The fourth-order valence-electron chi connectivity index (χ4n) is 2.82. The van der Waals surface area contributed by atoms with Crippen LogP contribution in [0.4, 0.5) is 0 Å². The molecule has 0 aliphatic heterocycles. The van der Waals surface area contributed by atoms with Crippen LogP contribution in [-0.4, -0.2) is 17.8 Å². The summed E-state index contributed by atoms with van der Waals surface area (Å²) in [5, 5.41) is 4.16. The summed E-state index contributed by atoms with van der Waals surface area (Å²) in [6, 6.07) is 2.13. The first kappa shape index (κ1) is 17.0. The predicted octanol–water partition coefficient (Wildman–Crippen LogP) is 4.95. The van der Waals surface area contributed by atoms with Gasteiger partial charge in [-0.25, -0.2) is 0 Å². The third-order valence-corrected chi connectivity index (χ3v) is 5.98. The van der Waals surface area contributed by atoms with Crippen molar-refractivity contribution in [3.05, 3.63) is 21.4 Å². The molecule has 0 unspecified atom stereocenters. The standard InChI is InChI=1S/C17H26BrNOS/c1-17(2,9-6-10-18)12-19-16(20)15-11-13-7-4-3-5-8-14(13)21-15/h11H,3-10,12H2,1-2H3,(H,19,20). The Labute approximate surface area is 140 Å². The first-order valence-electron chi connectivity index (χ1n) is 7.97. The number of carbonyl (C=O) groups is 1. The Morgan fingerprint density at radius 3 is 2.86 bits per heavy atom. The van der Waals surface area contributed by atoms with E-state index in [4.69, 9.17) is 0 Å². The average Bonchev–Trinajstić information content (AvgIpc) is 2.74. The molecule has 1 aromatic rings. The van der Waals surface area contributed by atoms with Crippen LogP contribution in [0.1, 0.15) is 66.1 Å². The van der Waals surface area contributed by atoms with Crippen molar-refractivity contribution in [3.63, 3.8) is 0 Å². The Morgan fingerprint density at radius 1 is 1.33 bits per heavy atom. The lowest BCUT2D eigenvalue weighted by atomic mass is 9.88. The van der Waals surface area contributed by atoms with Crippen molar-refractivity contribution < 1.29 is 4.79 Å². The Bertz CT molecular complexity index is 458. The summed E-state index contributed by atoms with van der Waals surface area (Å²) in [4.78, 5) is 14.7. The van der Waals surface area contributed by atoms with Crippen LogP contribution in [0.2, 0.25) is 0 Å². The summed E-state index contributed by atoms with van der Waals surface area (Å²) in [5.41, 5.74) is 1.58. The number of fused-ring (bicyclic) bond motifs is 1. The summed E-state index contributed by atoms with van der Waals surface area (Å²) in [5.74, 6) is 0.111. The van der Waals surface area contributed by atoms with Gasteiger partial charge in [-0.1, -0.05) is 36.2 Å². The lowest BCUT2D eigenvalue weighted by Crippen LogP contribution is -2.33. The molecular formula is C17H26BrNOS. The van der Waals surface area contributed by atoms with E-state index in [2.05, 4.69) is 41.2 Å². The number of hydrogen-bond acceptors (Lipinski definition) is 2. The van der Waals surface area contributed by atoms with Crippen LogP contribution in [0.3, 0.4) is 0 Å². The third kappa shape index (κ3) is 5.10. The molecule has 0 radical (unpaired) electrons. The number of rotatable bonds is 6. The molecule has 2 nitrogen and oxygen atoms in total. The number of alkyl halides is 1. The van der Waals surface area contributed by atoms with Crippen LogP contribution < -0.4 is 5.32 Å². The van der Waals surface area contributed by atoms with Crippen molar-refractivity contribution in [2.24, 2.45) is 5.41 Å². The molecular weight excluding hydrogens is 346 g/mol. The maximum absolute atomic E-state index is 12.4. The normalized spacial score (nSPS) is 15.4. The maximum Gasteiger partial charge on any atom is 0.261 e. The monoisotopic (exact) mass is 371 g/mol. The summed E-state index contributed by atoms with van der Waals surface area (Å²) in [6.07, 6.45) is 8.44. The molecule has 0 fully saturated rings. The van der Waals surface area contributed by atoms with Crippen LogP contribution in [-0.2, 0) is 12.8 Å². The van der Waals surface area contributed by atoms with Gasteiger partial charge in [0.05, 0.1) is 4.88 Å². The van der Waals surface area contributed by atoms with Crippen molar-refractivity contribution >= 4 is 33.2 Å². The fraction of sp³-hybridized carbons (Fsp3) is 0.706. The second kappa shape index (κ2) is 7.77. The van der Waals surface area contributed by atoms with E-state index in [1.54, 1.807) is 11.3 Å². The molecule has 0 saturated heterocycles. The smallest absolute Gasteiger partial charge is 0.261 e. The largest absolute Gasteiger partial charge is 0.351 e. The number of hydrogen-bond donors (Lipinski definition) is 1. The molecule has 0 saturated carbocycles. The highest BCUT2D eigenvalue weighted by atomic mass is 79.9. The number of halogens is 1. The van der Waals surface area contributed by atoms with Gasteiger partial charge in [0.1, 0.15) is 0 Å². The van der Waals surface area contributed by atoms with Crippen molar-refractivity contribution in [2.45, 2.75) is 58.8 Å². The molecule has 1 heterocycles. The third-order valence-electron chi connectivity index (χ3n) is 4.19. The molecule has 0 bridgehead atoms. The first-order valence-corrected chi connectivity index (χ1v) is 9.91. The quantitative estimate of drug-likeness (QED) is 0.556. The molecule has 1 N–H and O–H groups in total. The van der Waals surface area contributed by atoms with Crippen LogP contribution in [0, 0.1) is 5.41 Å². The molecule has 118 valence electrons. The highest BCUT2D eigenvalue weighted by molar-refractivity contribution is 9.09. The molecule has 1 amide bonds. The minimum Gasteiger partial charge on any atom is -0.351 e. The second-order valence-corrected chi connectivity index (χ2v) is 8.69. The zero-order valence-electron chi connectivity index (χ0n) is 13.1. The van der Waals surface area contributed by atoms with E-state index in [0.29, 0.717) is 0 Å². The van der Waals surface area contributed by atoms with Crippen molar-refractivity contribution in [2.75, 3.05) is 11.9 Å². The van der Waals surface area contributed by atoms with Gasteiger partial charge in [-0.3, -0.25) is 4.79 Å². The molecule has 2 rings (SSSR count). The van der Waals surface area contributed by atoms with Gasteiger partial charge >= 0.3 is 0 Å². The van der Waals surface area contributed by atoms with Crippen LogP contribution >= 0.6 is 27.3 Å². The molecule has 0 aromatic carbocycles. The first-order chi connectivity index (χ1) is 10.0. The Hall–Kier alpha value is -0.350. The second-order valence-electron chi connectivity index (χ2n) is 6.76. The van der Waals surface area contributed by atoms with Crippen LogP contribution in [0.25, 0.3) is 0 Å². The summed E-state index contributed by atoms with van der Waals surface area (Å²) in [7, 11) is 0. The highest BCUT2D eigenvalue weighted by Gasteiger charge is 2.20. The zero-order valence-corrected chi connectivity index (χ0v) is 15.5. The highest BCUT2D eigenvalue weighted by Crippen LogP contribution is 2.29. The average molecular weight is 372 g/mol. The Balaban J connectivity index is 1.91. The topological polar surface area (TPSA) is 29.1 Å². The fourth-order valence-corrected chi connectivity index (χ4v) is 4.27. The molecule has 4 heteroatoms. The van der Waals surface area contributed by atoms with E-state index >= 15 is 0 Å². The van der Waals surface area contributed by atoms with E-state index < -0.39 is 0 Å². The van der Waals surface area contributed by atoms with Crippen molar-refractivity contribution in [1.29, 1.82) is 0 Å². The molecule has 1 aliphatic carbocycles. The Morgan fingerprint density at radius 2 is 2.10 bits per heavy atom. The predicted molar refractivity (Wildman–Crippen MR) is 94.7 cm³/mol. The number of nitrogens with one attached hydrogen (secondary N) is 1. The minimum absolute atomic E-state index is 0.111. The van der Waals surface area contributed by atoms with E-state index in [1.807, 2.05) is 0 Å². The van der Waals surface area contributed by atoms with Crippen LogP contribution in [0.15, 0.2) is 6.07 Å². The van der Waals surface area contributed by atoms with Gasteiger partial charge in [0.2, 0.25) is 0 Å². The van der Waals surface area contributed by atoms with Gasteiger partial charge in [0, 0.05) is 16.8 Å². The van der Waals surface area contributed by atoms with Gasteiger partial charge in [0.25, 0.3) is 5.91 Å². The molecule has 1 aromatic heterocycles. The van der Waals surface area contributed by atoms with Gasteiger partial charge in [-0.2, -0.15) is 0 Å². The molecule has 0 atom stereocenters. The SMILES string of the molecule is CC(C)(CCCBr)CNC(=O)c1cc2c(s1)CCCCC2. The number of aryl methyl sites for hydroxylation is 2. The minimum atomic E-state index is 0.111. The van der Waals surface area contributed by atoms with Crippen molar-refractivity contribution in [1.82, 2.24) is 5.32 Å². The van der Waals surface area contributed by atoms with Gasteiger partial charge < -0.3 is 5.32 Å². The lowest BCUT2D eigenvalue weighted by Gasteiger charge is -2.24.